The zero-order valence-corrected chi connectivity index (χ0v) is 10.7. The van der Waals surface area contributed by atoms with Gasteiger partial charge in [0.05, 0.1) is 0 Å². The lowest BCUT2D eigenvalue weighted by Crippen LogP contribution is -2.10. The number of allylic oxidation sites excluding steroid dienone is 1. The van der Waals surface area contributed by atoms with Crippen LogP contribution >= 0.6 is 0 Å². The Labute approximate surface area is 96.2 Å². The molecule has 15 heavy (non-hydrogen) atoms. The Bertz CT molecular complexity index is 174. The second-order valence-electron chi connectivity index (χ2n) is 5.69. The van der Waals surface area contributed by atoms with Crippen LogP contribution in [0, 0.1) is 11.8 Å². The highest BCUT2D eigenvalue weighted by atomic mass is 14.2. The fourth-order valence-corrected chi connectivity index (χ4v) is 2.86. The highest BCUT2D eigenvalue weighted by molar-refractivity contribution is 4.87. The van der Waals surface area contributed by atoms with Gasteiger partial charge in [0.25, 0.3) is 0 Å². The molecule has 0 aliphatic heterocycles. The molecule has 0 saturated heterocycles. The molecule has 0 nitrogen and oxygen atoms in total. The summed E-state index contributed by atoms with van der Waals surface area (Å²) in [6, 6.07) is 0. The van der Waals surface area contributed by atoms with E-state index in [0.717, 1.165) is 11.8 Å². The van der Waals surface area contributed by atoms with Gasteiger partial charge in [-0.2, -0.15) is 0 Å². The zero-order valence-electron chi connectivity index (χ0n) is 10.7. The highest BCUT2D eigenvalue weighted by Gasteiger charge is 2.15. The molecule has 0 aromatic heterocycles. The molecular weight excluding hydrogens is 180 g/mol. The Morgan fingerprint density at radius 3 is 2.53 bits per heavy atom. The van der Waals surface area contributed by atoms with E-state index in [9.17, 15) is 0 Å². The van der Waals surface area contributed by atoms with Crippen LogP contribution in [0.1, 0.15) is 71.6 Å². The number of rotatable bonds is 6. The molecule has 0 amide bonds. The smallest absolute Gasteiger partial charge is 0.0326 e. The lowest BCUT2D eigenvalue weighted by molar-refractivity contribution is 0.287. The average molecular weight is 208 g/mol. The van der Waals surface area contributed by atoms with Crippen LogP contribution in [0.4, 0.5) is 0 Å². The van der Waals surface area contributed by atoms with Crippen LogP contribution < -0.4 is 0 Å². The van der Waals surface area contributed by atoms with Crippen molar-refractivity contribution in [3.05, 3.63) is 12.2 Å². The maximum Gasteiger partial charge on any atom is -0.0326 e. The van der Waals surface area contributed by atoms with Gasteiger partial charge in [-0.05, 0) is 38.0 Å². The van der Waals surface area contributed by atoms with Gasteiger partial charge < -0.3 is 0 Å². The van der Waals surface area contributed by atoms with Crippen LogP contribution in [0.25, 0.3) is 0 Å². The molecule has 0 heterocycles. The third-order valence-corrected chi connectivity index (χ3v) is 3.76. The molecule has 1 saturated carbocycles. The van der Waals surface area contributed by atoms with E-state index >= 15 is 0 Å². The Hall–Kier alpha value is -0.260. The molecule has 1 fully saturated rings. The third-order valence-electron chi connectivity index (χ3n) is 3.76. The maximum atomic E-state index is 3.97. The first kappa shape index (κ1) is 12.8. The molecule has 1 aliphatic rings. The quantitative estimate of drug-likeness (QED) is 0.517. The van der Waals surface area contributed by atoms with Crippen LogP contribution in [-0.4, -0.2) is 0 Å². The predicted octanol–water partition coefficient (Wildman–Crippen LogP) is 5.34. The summed E-state index contributed by atoms with van der Waals surface area (Å²) in [7, 11) is 0. The second-order valence-corrected chi connectivity index (χ2v) is 5.69. The van der Waals surface area contributed by atoms with Crippen molar-refractivity contribution in [2.75, 3.05) is 0 Å². The van der Waals surface area contributed by atoms with Crippen molar-refractivity contribution < 1.29 is 0 Å². The molecule has 88 valence electrons. The minimum atomic E-state index is 0.937. The fourth-order valence-electron chi connectivity index (χ4n) is 2.86. The normalized spacial score (nSPS) is 20.1. The monoisotopic (exact) mass is 208 g/mol. The zero-order chi connectivity index (χ0) is 11.1. The molecule has 0 aromatic rings. The molecule has 1 aliphatic carbocycles. The van der Waals surface area contributed by atoms with E-state index in [-0.39, 0.29) is 0 Å². The first-order valence-corrected chi connectivity index (χ1v) is 6.83. The molecule has 0 bridgehead atoms. The second kappa shape index (κ2) is 7.09. The van der Waals surface area contributed by atoms with E-state index in [1.807, 2.05) is 0 Å². The van der Waals surface area contributed by atoms with Gasteiger partial charge in [0.1, 0.15) is 0 Å². The molecule has 0 aromatic carbocycles. The van der Waals surface area contributed by atoms with Gasteiger partial charge in [-0.15, -0.1) is 6.58 Å². The van der Waals surface area contributed by atoms with Crippen LogP contribution in [0.5, 0.6) is 0 Å². The average Bonchev–Trinajstić information content (AvgIpc) is 2.18. The van der Waals surface area contributed by atoms with Gasteiger partial charge in [-0.25, -0.2) is 0 Å². The van der Waals surface area contributed by atoms with Crippen molar-refractivity contribution in [2.45, 2.75) is 71.6 Å². The minimum Gasteiger partial charge on any atom is -0.100 e. The van der Waals surface area contributed by atoms with Gasteiger partial charge in [0, 0.05) is 0 Å². The molecule has 0 radical (unpaired) electrons. The van der Waals surface area contributed by atoms with E-state index in [2.05, 4.69) is 20.4 Å². The Morgan fingerprint density at radius 2 is 1.93 bits per heavy atom. The van der Waals surface area contributed by atoms with Gasteiger partial charge in [-0.3, -0.25) is 0 Å². The van der Waals surface area contributed by atoms with Crippen LogP contribution in [0.15, 0.2) is 12.2 Å². The SMILES string of the molecule is C=C(C)CCCC(C)CC1CCCCC1. The molecule has 1 rings (SSSR count). The minimum absolute atomic E-state index is 0.937. The van der Waals surface area contributed by atoms with Crippen molar-refractivity contribution >= 4 is 0 Å². The summed E-state index contributed by atoms with van der Waals surface area (Å²) in [6.45, 7) is 8.55. The summed E-state index contributed by atoms with van der Waals surface area (Å²) in [5.74, 6) is 1.99. The molecular formula is C15H28. The first-order chi connectivity index (χ1) is 7.18. The summed E-state index contributed by atoms with van der Waals surface area (Å²) in [4.78, 5) is 0. The third kappa shape index (κ3) is 6.02. The van der Waals surface area contributed by atoms with E-state index < -0.39 is 0 Å². The molecule has 1 atom stereocenters. The van der Waals surface area contributed by atoms with Gasteiger partial charge in [0.2, 0.25) is 0 Å². The topological polar surface area (TPSA) is 0 Å². The fraction of sp³-hybridized carbons (Fsp3) is 0.867. The number of hydrogen-bond acceptors (Lipinski definition) is 0. The lowest BCUT2D eigenvalue weighted by atomic mass is 9.82. The Morgan fingerprint density at radius 1 is 1.27 bits per heavy atom. The van der Waals surface area contributed by atoms with Gasteiger partial charge in [-0.1, -0.05) is 51.0 Å². The van der Waals surface area contributed by atoms with Crippen molar-refractivity contribution in [3.63, 3.8) is 0 Å². The largest absolute Gasteiger partial charge is 0.100 e. The Kier molecular flexibility index (Phi) is 6.05. The summed E-state index contributed by atoms with van der Waals surface area (Å²) >= 11 is 0. The van der Waals surface area contributed by atoms with Crippen LogP contribution in [0.3, 0.4) is 0 Å². The van der Waals surface area contributed by atoms with E-state index in [0.29, 0.717) is 0 Å². The van der Waals surface area contributed by atoms with Gasteiger partial charge >= 0.3 is 0 Å². The maximum absolute atomic E-state index is 3.97. The summed E-state index contributed by atoms with van der Waals surface area (Å²) < 4.78 is 0. The molecule has 0 heteroatoms. The standard InChI is InChI=1S/C15H28/c1-13(2)8-7-9-14(3)12-15-10-5-4-6-11-15/h14-15H,1,4-12H2,2-3H3. The lowest BCUT2D eigenvalue weighted by Gasteiger charge is -2.24. The van der Waals surface area contributed by atoms with E-state index in [1.165, 1.54) is 63.4 Å². The summed E-state index contributed by atoms with van der Waals surface area (Å²) in [6.07, 6.45) is 12.9. The molecule has 0 N–H and O–H groups in total. The van der Waals surface area contributed by atoms with Crippen LogP contribution in [0.2, 0.25) is 0 Å². The highest BCUT2D eigenvalue weighted by Crippen LogP contribution is 2.30. The van der Waals surface area contributed by atoms with Crippen molar-refractivity contribution in [2.24, 2.45) is 11.8 Å². The van der Waals surface area contributed by atoms with E-state index in [1.54, 1.807) is 0 Å². The Balaban J connectivity index is 2.06. The van der Waals surface area contributed by atoms with E-state index in [4.69, 9.17) is 0 Å². The molecule has 0 spiro atoms. The van der Waals surface area contributed by atoms with Crippen molar-refractivity contribution in [1.82, 2.24) is 0 Å². The predicted molar refractivity (Wildman–Crippen MR) is 69.0 cm³/mol. The summed E-state index contributed by atoms with van der Waals surface area (Å²) in [5.41, 5.74) is 1.35. The first-order valence-electron chi connectivity index (χ1n) is 6.83. The van der Waals surface area contributed by atoms with Gasteiger partial charge in [0.15, 0.2) is 0 Å². The summed E-state index contributed by atoms with van der Waals surface area (Å²) in [5, 5.41) is 0. The number of hydrogen-bond donors (Lipinski definition) is 0. The van der Waals surface area contributed by atoms with Crippen LogP contribution in [-0.2, 0) is 0 Å². The van der Waals surface area contributed by atoms with Crippen molar-refractivity contribution in [1.29, 1.82) is 0 Å². The van der Waals surface area contributed by atoms with Crippen molar-refractivity contribution in [3.8, 4) is 0 Å². The molecule has 1 unspecified atom stereocenters.